The van der Waals surface area contributed by atoms with E-state index in [0.717, 1.165) is 0 Å². The molecule has 0 bridgehead atoms. The number of carboxylic acids is 1. The molecule has 0 aromatic heterocycles. The van der Waals surface area contributed by atoms with Gasteiger partial charge in [-0.1, -0.05) is 6.92 Å². The Labute approximate surface area is 95.5 Å². The van der Waals surface area contributed by atoms with E-state index in [1.165, 1.54) is 11.8 Å². The number of amides is 1. The average Bonchev–Trinajstić information content (AvgIpc) is 2.15. The Kier molecular flexibility index (Phi) is 5.40. The van der Waals surface area contributed by atoms with Gasteiger partial charge in [-0.3, -0.25) is 9.69 Å². The number of carboxylic acid groups (broad SMARTS) is 1. The quantitative estimate of drug-likeness (QED) is 0.628. The van der Waals surface area contributed by atoms with Gasteiger partial charge in [-0.15, -0.1) is 0 Å². The summed E-state index contributed by atoms with van der Waals surface area (Å²) >= 11 is 0. The number of aliphatic carboxylic acids is 1. The van der Waals surface area contributed by atoms with Crippen molar-refractivity contribution in [3.05, 3.63) is 0 Å². The predicted octanol–water partition coefficient (Wildman–Crippen LogP) is -0.768. The van der Waals surface area contributed by atoms with Gasteiger partial charge in [0.2, 0.25) is 5.91 Å². The molecule has 94 valence electrons. The first kappa shape index (κ1) is 14.9. The lowest BCUT2D eigenvalue weighted by molar-refractivity contribution is -0.159. The van der Waals surface area contributed by atoms with Crippen LogP contribution >= 0.6 is 0 Å². The summed E-state index contributed by atoms with van der Waals surface area (Å²) in [7, 11) is 3.26. The Morgan fingerprint density at radius 2 is 1.81 bits per heavy atom. The molecule has 1 amide bonds. The molecule has 6 heteroatoms. The summed E-state index contributed by atoms with van der Waals surface area (Å²) in [6, 6.07) is 0. The van der Waals surface area contributed by atoms with Crippen molar-refractivity contribution in [2.75, 3.05) is 33.7 Å². The van der Waals surface area contributed by atoms with Gasteiger partial charge in [0.15, 0.2) is 5.60 Å². The zero-order valence-corrected chi connectivity index (χ0v) is 10.2. The zero-order chi connectivity index (χ0) is 12.9. The highest BCUT2D eigenvalue weighted by Gasteiger charge is 2.32. The van der Waals surface area contributed by atoms with Crippen molar-refractivity contribution in [3.8, 4) is 0 Å². The van der Waals surface area contributed by atoms with E-state index in [4.69, 9.17) is 5.11 Å². The Hall–Kier alpha value is -1.14. The molecule has 0 aliphatic heterocycles. The van der Waals surface area contributed by atoms with E-state index in [0.29, 0.717) is 6.54 Å². The molecule has 0 aliphatic carbocycles. The van der Waals surface area contributed by atoms with Gasteiger partial charge < -0.3 is 15.1 Å². The fraction of sp³-hybridized carbons (Fsp3) is 0.800. The summed E-state index contributed by atoms with van der Waals surface area (Å²) < 4.78 is 0. The molecule has 0 aromatic carbocycles. The number of likely N-dealkylation sites (N-methyl/N-ethyl adjacent to an activating group) is 2. The molecular weight excluding hydrogens is 212 g/mol. The van der Waals surface area contributed by atoms with E-state index in [9.17, 15) is 14.7 Å². The van der Waals surface area contributed by atoms with Crippen molar-refractivity contribution >= 4 is 11.9 Å². The minimum atomic E-state index is -1.83. The summed E-state index contributed by atoms with van der Waals surface area (Å²) in [4.78, 5) is 25.2. The van der Waals surface area contributed by atoms with Gasteiger partial charge in [-0.05, 0) is 13.5 Å². The summed E-state index contributed by atoms with van der Waals surface area (Å²) in [5.41, 5.74) is -1.83. The van der Waals surface area contributed by atoms with E-state index >= 15 is 0 Å². The summed E-state index contributed by atoms with van der Waals surface area (Å²) in [5.74, 6) is -1.41. The summed E-state index contributed by atoms with van der Waals surface area (Å²) in [6.07, 6.45) is 0. The van der Waals surface area contributed by atoms with Crippen molar-refractivity contribution < 1.29 is 19.8 Å². The van der Waals surface area contributed by atoms with Crippen LogP contribution in [0.25, 0.3) is 0 Å². The van der Waals surface area contributed by atoms with Gasteiger partial charge in [0.25, 0.3) is 0 Å². The highest BCUT2D eigenvalue weighted by Crippen LogP contribution is 2.06. The van der Waals surface area contributed by atoms with Crippen LogP contribution in [0.5, 0.6) is 0 Å². The number of rotatable bonds is 6. The van der Waals surface area contributed by atoms with E-state index in [1.807, 2.05) is 0 Å². The van der Waals surface area contributed by atoms with E-state index in [1.54, 1.807) is 25.9 Å². The Bertz CT molecular complexity index is 264. The van der Waals surface area contributed by atoms with Crippen LogP contribution in [0.4, 0.5) is 0 Å². The maximum absolute atomic E-state index is 11.4. The number of hydrogen-bond donors (Lipinski definition) is 2. The third kappa shape index (κ3) is 4.59. The topological polar surface area (TPSA) is 81.1 Å². The molecule has 0 fully saturated rings. The second-order valence-electron chi connectivity index (χ2n) is 4.17. The Morgan fingerprint density at radius 1 is 1.31 bits per heavy atom. The zero-order valence-electron chi connectivity index (χ0n) is 10.2. The van der Waals surface area contributed by atoms with Crippen molar-refractivity contribution in [1.82, 2.24) is 9.80 Å². The normalized spacial score (nSPS) is 14.6. The third-order valence-corrected chi connectivity index (χ3v) is 2.30. The van der Waals surface area contributed by atoms with Gasteiger partial charge in [0.1, 0.15) is 0 Å². The van der Waals surface area contributed by atoms with E-state index < -0.39 is 11.6 Å². The molecular formula is C10H20N2O4. The largest absolute Gasteiger partial charge is 0.479 e. The highest BCUT2D eigenvalue weighted by atomic mass is 16.4. The van der Waals surface area contributed by atoms with Crippen LogP contribution in [0.2, 0.25) is 0 Å². The maximum atomic E-state index is 11.4. The molecule has 0 aliphatic rings. The van der Waals surface area contributed by atoms with Crippen molar-refractivity contribution in [1.29, 1.82) is 0 Å². The van der Waals surface area contributed by atoms with Crippen LogP contribution in [0.1, 0.15) is 13.8 Å². The van der Waals surface area contributed by atoms with Crippen molar-refractivity contribution in [2.24, 2.45) is 0 Å². The molecule has 0 saturated carbocycles. The second kappa shape index (κ2) is 5.81. The molecule has 2 N–H and O–H groups in total. The SMILES string of the molecule is CCN(CC(=O)N(C)C)CC(C)(O)C(=O)O. The lowest BCUT2D eigenvalue weighted by Gasteiger charge is -2.28. The minimum Gasteiger partial charge on any atom is -0.479 e. The molecule has 0 heterocycles. The first-order valence-electron chi connectivity index (χ1n) is 5.09. The molecule has 16 heavy (non-hydrogen) atoms. The van der Waals surface area contributed by atoms with Crippen LogP contribution in [-0.4, -0.2) is 71.2 Å². The lowest BCUT2D eigenvalue weighted by atomic mass is 10.1. The lowest BCUT2D eigenvalue weighted by Crippen LogP contribution is -2.49. The first-order chi connectivity index (χ1) is 7.20. The van der Waals surface area contributed by atoms with Gasteiger partial charge in [0, 0.05) is 20.6 Å². The molecule has 1 unspecified atom stereocenters. The Balaban J connectivity index is 4.42. The molecule has 0 radical (unpaired) electrons. The van der Waals surface area contributed by atoms with Crippen LogP contribution in [0, 0.1) is 0 Å². The number of carbonyl (C=O) groups excluding carboxylic acids is 1. The smallest absolute Gasteiger partial charge is 0.336 e. The number of hydrogen-bond acceptors (Lipinski definition) is 4. The van der Waals surface area contributed by atoms with E-state index in [-0.39, 0.29) is 19.0 Å². The fourth-order valence-electron chi connectivity index (χ4n) is 1.12. The van der Waals surface area contributed by atoms with Gasteiger partial charge in [-0.25, -0.2) is 4.79 Å². The molecule has 0 aromatic rings. The fourth-order valence-corrected chi connectivity index (χ4v) is 1.12. The van der Waals surface area contributed by atoms with Crippen molar-refractivity contribution in [3.63, 3.8) is 0 Å². The number of carbonyl (C=O) groups is 2. The van der Waals surface area contributed by atoms with Crippen LogP contribution in [-0.2, 0) is 9.59 Å². The van der Waals surface area contributed by atoms with Gasteiger partial charge >= 0.3 is 5.97 Å². The van der Waals surface area contributed by atoms with Crippen LogP contribution < -0.4 is 0 Å². The number of nitrogens with zero attached hydrogens (tertiary/aromatic N) is 2. The third-order valence-electron chi connectivity index (χ3n) is 2.30. The average molecular weight is 232 g/mol. The first-order valence-corrected chi connectivity index (χ1v) is 5.09. The summed E-state index contributed by atoms with van der Waals surface area (Å²) in [5, 5.41) is 18.3. The van der Waals surface area contributed by atoms with Crippen molar-refractivity contribution in [2.45, 2.75) is 19.4 Å². The number of aliphatic hydroxyl groups is 1. The van der Waals surface area contributed by atoms with Gasteiger partial charge in [0.05, 0.1) is 6.54 Å². The summed E-state index contributed by atoms with van der Waals surface area (Å²) in [6.45, 7) is 3.56. The molecule has 0 spiro atoms. The van der Waals surface area contributed by atoms with Gasteiger partial charge in [-0.2, -0.15) is 0 Å². The van der Waals surface area contributed by atoms with E-state index in [2.05, 4.69) is 0 Å². The minimum absolute atomic E-state index is 0.0710. The molecule has 0 rings (SSSR count). The predicted molar refractivity (Wildman–Crippen MR) is 59.1 cm³/mol. The maximum Gasteiger partial charge on any atom is 0.336 e. The standard InChI is InChI=1S/C10H20N2O4/c1-5-12(6-8(13)11(3)4)7-10(2,16)9(14)15/h16H,5-7H2,1-4H3,(H,14,15). The monoisotopic (exact) mass is 232 g/mol. The molecule has 6 nitrogen and oxygen atoms in total. The molecule has 0 saturated heterocycles. The Morgan fingerprint density at radius 3 is 2.12 bits per heavy atom. The second-order valence-corrected chi connectivity index (χ2v) is 4.17. The van der Waals surface area contributed by atoms with Crippen LogP contribution in [0.3, 0.4) is 0 Å². The van der Waals surface area contributed by atoms with Crippen LogP contribution in [0.15, 0.2) is 0 Å². The highest BCUT2D eigenvalue weighted by molar-refractivity contribution is 5.78. The molecule has 1 atom stereocenters.